The number of alkyl halides is 3. The van der Waals surface area contributed by atoms with Crippen LogP contribution in [0.4, 0.5) is 13.2 Å². The van der Waals surface area contributed by atoms with Gasteiger partial charge in [-0.05, 0) is 74.7 Å². The summed E-state index contributed by atoms with van der Waals surface area (Å²) < 4.78 is 38.8. The lowest BCUT2D eigenvalue weighted by molar-refractivity contribution is -0.137. The number of aryl methyl sites for hydroxylation is 1. The molecular formula is C27H26F3N3. The van der Waals surface area contributed by atoms with E-state index in [9.17, 15) is 13.2 Å². The Bertz CT molecular complexity index is 1190. The topological polar surface area (TPSA) is 28.5 Å². The van der Waals surface area contributed by atoms with Gasteiger partial charge >= 0.3 is 6.18 Å². The molecule has 6 heteroatoms. The van der Waals surface area contributed by atoms with Crippen LogP contribution >= 0.6 is 0 Å². The van der Waals surface area contributed by atoms with E-state index >= 15 is 0 Å². The number of halogens is 3. The van der Waals surface area contributed by atoms with Crippen molar-refractivity contribution in [2.45, 2.75) is 45.6 Å². The van der Waals surface area contributed by atoms with Gasteiger partial charge in [0.1, 0.15) is 6.17 Å². The highest BCUT2D eigenvalue weighted by atomic mass is 19.4. The Kier molecular flexibility index (Phi) is 5.87. The van der Waals surface area contributed by atoms with Gasteiger partial charge in [-0.1, -0.05) is 42.5 Å². The van der Waals surface area contributed by atoms with E-state index in [4.69, 9.17) is 4.99 Å². The maximum Gasteiger partial charge on any atom is 0.416 e. The third-order valence-corrected chi connectivity index (χ3v) is 5.55. The zero-order valence-corrected chi connectivity index (χ0v) is 19.1. The minimum absolute atomic E-state index is 0.141. The number of allylic oxidation sites excluding steroid dienone is 1. The number of nitrogens with zero attached hydrogens (tertiary/aromatic N) is 3. The van der Waals surface area contributed by atoms with Crippen LogP contribution in [0.3, 0.4) is 0 Å². The lowest BCUT2D eigenvalue weighted by Crippen LogP contribution is -2.41. The SMILES string of the molecule is Cc1cc(-c2ccc(C(F)(F)F)cc2)cc(C2=NC(c3ccccc3)N(C(C)(C)C)C=C2)n1. The van der Waals surface area contributed by atoms with Gasteiger partial charge < -0.3 is 4.90 Å². The second-order valence-electron chi connectivity index (χ2n) is 9.15. The molecule has 0 bridgehead atoms. The van der Waals surface area contributed by atoms with Crippen molar-refractivity contribution in [1.29, 1.82) is 0 Å². The zero-order chi connectivity index (χ0) is 23.8. The van der Waals surface area contributed by atoms with E-state index in [0.717, 1.165) is 34.7 Å². The third-order valence-electron chi connectivity index (χ3n) is 5.55. The maximum atomic E-state index is 12.9. The van der Waals surface area contributed by atoms with Crippen LogP contribution in [-0.4, -0.2) is 21.1 Å². The summed E-state index contributed by atoms with van der Waals surface area (Å²) in [6.07, 6.45) is -0.571. The van der Waals surface area contributed by atoms with Crippen molar-refractivity contribution < 1.29 is 13.2 Å². The molecule has 0 radical (unpaired) electrons. The molecular weight excluding hydrogens is 423 g/mol. The van der Waals surface area contributed by atoms with Gasteiger partial charge in [0.2, 0.25) is 0 Å². The van der Waals surface area contributed by atoms with Crippen molar-refractivity contribution in [2.75, 3.05) is 0 Å². The van der Waals surface area contributed by atoms with Gasteiger partial charge in [0.05, 0.1) is 17.0 Å². The maximum absolute atomic E-state index is 12.9. The van der Waals surface area contributed by atoms with Gasteiger partial charge in [0, 0.05) is 17.4 Å². The predicted molar refractivity (Wildman–Crippen MR) is 126 cm³/mol. The molecule has 2 heterocycles. The average molecular weight is 450 g/mol. The van der Waals surface area contributed by atoms with Crippen LogP contribution in [0, 0.1) is 6.92 Å². The molecule has 170 valence electrons. The second kappa shape index (κ2) is 8.50. The zero-order valence-electron chi connectivity index (χ0n) is 19.1. The fourth-order valence-corrected chi connectivity index (χ4v) is 3.89. The van der Waals surface area contributed by atoms with Crippen molar-refractivity contribution >= 4 is 5.71 Å². The first-order valence-corrected chi connectivity index (χ1v) is 10.8. The number of rotatable bonds is 3. The minimum Gasteiger partial charge on any atom is -0.347 e. The molecule has 0 amide bonds. The van der Waals surface area contributed by atoms with Crippen LogP contribution in [0.2, 0.25) is 0 Å². The van der Waals surface area contributed by atoms with E-state index in [1.54, 1.807) is 0 Å². The van der Waals surface area contributed by atoms with E-state index in [2.05, 4.69) is 42.8 Å². The first-order chi connectivity index (χ1) is 15.5. The van der Waals surface area contributed by atoms with Crippen LogP contribution in [0.25, 0.3) is 11.1 Å². The van der Waals surface area contributed by atoms with E-state index in [0.29, 0.717) is 11.3 Å². The molecule has 3 nitrogen and oxygen atoms in total. The lowest BCUT2D eigenvalue weighted by Gasteiger charge is -2.41. The van der Waals surface area contributed by atoms with Gasteiger partial charge in [-0.2, -0.15) is 13.2 Å². The van der Waals surface area contributed by atoms with Gasteiger partial charge in [-0.15, -0.1) is 0 Å². The number of hydrogen-bond acceptors (Lipinski definition) is 3. The summed E-state index contributed by atoms with van der Waals surface area (Å²) in [5.74, 6) is 0. The van der Waals surface area contributed by atoms with Crippen LogP contribution in [0.5, 0.6) is 0 Å². The number of aliphatic imine (C=N–C) groups is 1. The molecule has 33 heavy (non-hydrogen) atoms. The normalized spacial score (nSPS) is 16.6. The van der Waals surface area contributed by atoms with E-state index in [1.807, 2.05) is 49.5 Å². The van der Waals surface area contributed by atoms with Crippen LogP contribution in [0.1, 0.15) is 49.5 Å². The summed E-state index contributed by atoms with van der Waals surface area (Å²) >= 11 is 0. The quantitative estimate of drug-likeness (QED) is 0.423. The molecule has 4 rings (SSSR count). The summed E-state index contributed by atoms with van der Waals surface area (Å²) in [5.41, 5.74) is 3.97. The third kappa shape index (κ3) is 5.00. The molecule has 0 aliphatic carbocycles. The summed E-state index contributed by atoms with van der Waals surface area (Å²) in [4.78, 5) is 11.9. The van der Waals surface area contributed by atoms with E-state index in [1.165, 1.54) is 12.1 Å². The Labute approximate surface area is 192 Å². The fourth-order valence-electron chi connectivity index (χ4n) is 3.89. The Morgan fingerprint density at radius 1 is 0.848 bits per heavy atom. The van der Waals surface area contributed by atoms with Gasteiger partial charge in [0.15, 0.2) is 0 Å². The van der Waals surface area contributed by atoms with Crippen LogP contribution in [-0.2, 0) is 6.18 Å². The summed E-state index contributed by atoms with van der Waals surface area (Å²) in [6.45, 7) is 8.30. The van der Waals surface area contributed by atoms with E-state index < -0.39 is 11.7 Å². The predicted octanol–water partition coefficient (Wildman–Crippen LogP) is 7.19. The molecule has 1 aliphatic heterocycles. The first-order valence-electron chi connectivity index (χ1n) is 10.8. The van der Waals surface area contributed by atoms with E-state index in [-0.39, 0.29) is 11.7 Å². The Hall–Kier alpha value is -3.41. The van der Waals surface area contributed by atoms with Gasteiger partial charge in [-0.3, -0.25) is 9.98 Å². The minimum atomic E-state index is -4.36. The summed E-state index contributed by atoms with van der Waals surface area (Å²) in [7, 11) is 0. The van der Waals surface area contributed by atoms with Crippen molar-refractivity contribution in [3.63, 3.8) is 0 Å². The molecule has 1 atom stereocenters. The highest BCUT2D eigenvalue weighted by molar-refractivity contribution is 6.08. The molecule has 0 fully saturated rings. The van der Waals surface area contributed by atoms with Crippen LogP contribution in [0.15, 0.2) is 84.0 Å². The van der Waals surface area contributed by atoms with Gasteiger partial charge in [0.25, 0.3) is 0 Å². The molecule has 3 aromatic rings. The monoisotopic (exact) mass is 449 g/mol. The molecule has 1 unspecified atom stereocenters. The molecule has 0 saturated carbocycles. The molecule has 1 aromatic heterocycles. The van der Waals surface area contributed by atoms with Crippen molar-refractivity contribution in [3.05, 3.63) is 102 Å². The molecule has 2 aromatic carbocycles. The number of benzene rings is 2. The van der Waals surface area contributed by atoms with Crippen molar-refractivity contribution in [1.82, 2.24) is 9.88 Å². The highest BCUT2D eigenvalue weighted by Crippen LogP contribution is 2.34. The van der Waals surface area contributed by atoms with Crippen molar-refractivity contribution in [3.8, 4) is 11.1 Å². The van der Waals surface area contributed by atoms with Crippen LogP contribution < -0.4 is 0 Å². The lowest BCUT2D eigenvalue weighted by atomic mass is 9.99. The molecule has 0 N–H and O–H groups in total. The molecule has 1 aliphatic rings. The number of hydrogen-bond donors (Lipinski definition) is 0. The number of pyridine rings is 1. The number of aromatic nitrogens is 1. The molecule has 0 spiro atoms. The van der Waals surface area contributed by atoms with Gasteiger partial charge in [-0.25, -0.2) is 0 Å². The highest BCUT2D eigenvalue weighted by Gasteiger charge is 2.31. The van der Waals surface area contributed by atoms with Crippen molar-refractivity contribution in [2.24, 2.45) is 4.99 Å². The molecule has 0 saturated heterocycles. The Balaban J connectivity index is 1.74. The Morgan fingerprint density at radius 2 is 1.52 bits per heavy atom. The standard InChI is InChI=1S/C27H26F3N3/c1-18-16-21(19-10-12-22(13-11-19)27(28,29)30)17-24(31-18)23-14-15-33(26(2,3)4)25(32-23)20-8-6-5-7-9-20/h5-17,25H,1-4H3. The fraction of sp³-hybridized carbons (Fsp3) is 0.259. The average Bonchev–Trinajstić information content (AvgIpc) is 2.78. The Morgan fingerprint density at radius 3 is 2.12 bits per heavy atom. The summed E-state index contributed by atoms with van der Waals surface area (Å²) in [6, 6.07) is 19.0. The second-order valence-corrected chi connectivity index (χ2v) is 9.15. The smallest absolute Gasteiger partial charge is 0.347 e. The first kappa shape index (κ1) is 22.8. The summed E-state index contributed by atoms with van der Waals surface area (Å²) in [5, 5.41) is 0. The largest absolute Gasteiger partial charge is 0.416 e.